The van der Waals surface area contributed by atoms with E-state index >= 15 is 0 Å². The first-order valence-electron chi connectivity index (χ1n) is 10.1. The molecule has 1 saturated heterocycles. The van der Waals surface area contributed by atoms with Gasteiger partial charge in [0.15, 0.2) is 5.82 Å². The monoisotopic (exact) mass is 426 g/mol. The lowest BCUT2D eigenvalue weighted by Crippen LogP contribution is -2.34. The summed E-state index contributed by atoms with van der Waals surface area (Å²) in [7, 11) is 0. The van der Waals surface area contributed by atoms with Gasteiger partial charge in [0.1, 0.15) is 12.1 Å². The van der Waals surface area contributed by atoms with Crippen LogP contribution in [-0.2, 0) is 0 Å². The van der Waals surface area contributed by atoms with Crippen molar-refractivity contribution in [3.8, 4) is 5.88 Å². The van der Waals surface area contributed by atoms with Gasteiger partial charge in [0.25, 0.3) is 5.88 Å². The standard InChI is InChI=1S/C21H26N6O2S/c1-13(2)18-24-21(29-26-18)16-7-9-27(10-8-16)19-14(3)20(23-12-22-19)28-25-15(4)17-6-5-11-30-17/h5-6,11-13,16,25H,4,7-10H2,1-3H3. The van der Waals surface area contributed by atoms with E-state index in [1.54, 1.807) is 11.3 Å². The van der Waals surface area contributed by atoms with Crippen LogP contribution in [0.25, 0.3) is 5.70 Å². The highest BCUT2D eigenvalue weighted by molar-refractivity contribution is 7.11. The Kier molecular flexibility index (Phi) is 5.98. The van der Waals surface area contributed by atoms with Crippen LogP contribution in [0.1, 0.15) is 60.7 Å². The second-order valence-electron chi connectivity index (χ2n) is 7.69. The van der Waals surface area contributed by atoms with Crippen LogP contribution in [0, 0.1) is 6.92 Å². The zero-order valence-corrected chi connectivity index (χ0v) is 18.3. The maximum atomic E-state index is 5.72. The number of anilines is 1. The molecule has 0 unspecified atom stereocenters. The number of hydrogen-bond acceptors (Lipinski definition) is 9. The van der Waals surface area contributed by atoms with Crippen molar-refractivity contribution in [2.45, 2.75) is 45.4 Å². The lowest BCUT2D eigenvalue weighted by molar-refractivity contribution is 0.240. The molecule has 0 radical (unpaired) electrons. The van der Waals surface area contributed by atoms with Crippen molar-refractivity contribution in [3.05, 3.63) is 52.6 Å². The number of nitrogens with zero attached hydrogens (tertiary/aromatic N) is 5. The highest BCUT2D eigenvalue weighted by Gasteiger charge is 2.27. The zero-order valence-electron chi connectivity index (χ0n) is 17.5. The molecule has 1 fully saturated rings. The van der Waals surface area contributed by atoms with Crippen LogP contribution >= 0.6 is 11.3 Å². The predicted molar refractivity (Wildman–Crippen MR) is 116 cm³/mol. The molecule has 3 aromatic heterocycles. The van der Waals surface area contributed by atoms with E-state index < -0.39 is 0 Å². The predicted octanol–water partition coefficient (Wildman–Crippen LogP) is 4.29. The lowest BCUT2D eigenvalue weighted by atomic mass is 9.96. The van der Waals surface area contributed by atoms with Gasteiger partial charge in [0.2, 0.25) is 5.89 Å². The van der Waals surface area contributed by atoms with E-state index in [0.29, 0.717) is 11.6 Å². The molecule has 3 aromatic rings. The van der Waals surface area contributed by atoms with Gasteiger partial charge in [-0.15, -0.1) is 11.3 Å². The van der Waals surface area contributed by atoms with Crippen molar-refractivity contribution >= 4 is 22.9 Å². The minimum absolute atomic E-state index is 0.272. The Morgan fingerprint density at radius 1 is 1.33 bits per heavy atom. The third kappa shape index (κ3) is 4.30. The molecule has 0 aromatic carbocycles. The van der Waals surface area contributed by atoms with Gasteiger partial charge >= 0.3 is 0 Å². The number of thiophene rings is 1. The maximum absolute atomic E-state index is 5.72. The molecule has 1 aliphatic rings. The smallest absolute Gasteiger partial charge is 0.253 e. The summed E-state index contributed by atoms with van der Waals surface area (Å²) < 4.78 is 5.49. The molecule has 0 aliphatic carbocycles. The van der Waals surface area contributed by atoms with E-state index in [1.165, 1.54) is 6.33 Å². The average molecular weight is 427 g/mol. The quantitative estimate of drug-likeness (QED) is 0.560. The Morgan fingerprint density at radius 2 is 2.13 bits per heavy atom. The topological polar surface area (TPSA) is 89.2 Å². The van der Waals surface area contributed by atoms with Gasteiger partial charge < -0.3 is 14.3 Å². The summed E-state index contributed by atoms with van der Waals surface area (Å²) in [6.07, 6.45) is 3.41. The summed E-state index contributed by atoms with van der Waals surface area (Å²) in [5.41, 5.74) is 4.48. The van der Waals surface area contributed by atoms with Crippen molar-refractivity contribution in [2.24, 2.45) is 0 Å². The molecule has 0 saturated carbocycles. The van der Waals surface area contributed by atoms with Gasteiger partial charge in [-0.3, -0.25) is 0 Å². The van der Waals surface area contributed by atoms with Crippen LogP contribution < -0.4 is 15.2 Å². The third-order valence-corrected chi connectivity index (χ3v) is 6.15. The average Bonchev–Trinajstić information content (AvgIpc) is 3.45. The molecule has 0 amide bonds. The van der Waals surface area contributed by atoms with Crippen LogP contribution in [0.3, 0.4) is 0 Å². The van der Waals surface area contributed by atoms with E-state index in [9.17, 15) is 0 Å². The van der Waals surface area contributed by atoms with Crippen molar-refractivity contribution in [2.75, 3.05) is 18.0 Å². The summed E-state index contributed by atoms with van der Waals surface area (Å²) >= 11 is 1.60. The van der Waals surface area contributed by atoms with Gasteiger partial charge in [0.05, 0.1) is 16.1 Å². The molecule has 0 atom stereocenters. The highest BCUT2D eigenvalue weighted by Crippen LogP contribution is 2.32. The molecule has 9 heteroatoms. The summed E-state index contributed by atoms with van der Waals surface area (Å²) in [5.74, 6) is 3.47. The third-order valence-electron chi connectivity index (χ3n) is 5.22. The fourth-order valence-corrected chi connectivity index (χ4v) is 4.09. The first-order valence-corrected chi connectivity index (χ1v) is 11.0. The molecular weight excluding hydrogens is 400 g/mol. The molecule has 4 rings (SSSR count). The molecule has 0 spiro atoms. The summed E-state index contributed by atoms with van der Waals surface area (Å²) in [6.45, 7) is 11.8. The highest BCUT2D eigenvalue weighted by atomic mass is 32.1. The number of aromatic nitrogens is 4. The summed E-state index contributed by atoms with van der Waals surface area (Å²) in [6, 6.07) is 3.96. The minimum atomic E-state index is 0.272. The SMILES string of the molecule is C=C(NOc1ncnc(N2CCC(c3nc(C(C)C)no3)CC2)c1C)c1cccs1. The summed E-state index contributed by atoms with van der Waals surface area (Å²) in [5, 5.41) is 6.09. The van der Waals surface area contributed by atoms with Gasteiger partial charge in [-0.2, -0.15) is 9.97 Å². The molecule has 1 aliphatic heterocycles. The molecule has 30 heavy (non-hydrogen) atoms. The van der Waals surface area contributed by atoms with Gasteiger partial charge in [0, 0.05) is 24.9 Å². The molecule has 4 heterocycles. The number of piperidine rings is 1. The normalized spacial score (nSPS) is 14.9. The minimum Gasteiger partial charge on any atom is -0.361 e. The van der Waals surface area contributed by atoms with Crippen LogP contribution in [0.2, 0.25) is 0 Å². The number of hydroxylamine groups is 1. The fraction of sp³-hybridized carbons (Fsp3) is 0.429. The molecule has 1 N–H and O–H groups in total. The largest absolute Gasteiger partial charge is 0.361 e. The number of hydrogen-bond donors (Lipinski definition) is 1. The van der Waals surface area contributed by atoms with E-state index in [2.05, 4.69) is 50.9 Å². The fourth-order valence-electron chi connectivity index (χ4n) is 3.44. The Bertz CT molecular complexity index is 993. The van der Waals surface area contributed by atoms with Gasteiger partial charge in [-0.25, -0.2) is 10.5 Å². The van der Waals surface area contributed by atoms with Crippen LogP contribution in [0.15, 0.2) is 34.9 Å². The van der Waals surface area contributed by atoms with Gasteiger partial charge in [-0.05, 0) is 31.2 Å². The Labute approximate surface area is 180 Å². The first kappa shape index (κ1) is 20.3. The van der Waals surface area contributed by atoms with Crippen LogP contribution in [-0.4, -0.2) is 33.2 Å². The lowest BCUT2D eigenvalue weighted by Gasteiger charge is -2.32. The van der Waals surface area contributed by atoms with E-state index in [-0.39, 0.29) is 11.8 Å². The first-order chi connectivity index (χ1) is 14.5. The Hall–Kier alpha value is -2.94. The van der Waals surface area contributed by atoms with Gasteiger partial charge in [-0.1, -0.05) is 31.6 Å². The summed E-state index contributed by atoms with van der Waals surface area (Å²) in [4.78, 5) is 22.3. The zero-order chi connectivity index (χ0) is 21.1. The number of rotatable bonds is 7. The van der Waals surface area contributed by atoms with Crippen molar-refractivity contribution in [1.29, 1.82) is 0 Å². The molecular formula is C21H26N6O2S. The van der Waals surface area contributed by atoms with E-state index in [0.717, 1.165) is 53.9 Å². The Balaban J connectivity index is 1.38. The van der Waals surface area contributed by atoms with Crippen molar-refractivity contribution in [3.63, 3.8) is 0 Å². The van der Waals surface area contributed by atoms with Crippen molar-refractivity contribution < 1.29 is 9.36 Å². The van der Waals surface area contributed by atoms with Crippen LogP contribution in [0.5, 0.6) is 5.88 Å². The molecule has 0 bridgehead atoms. The van der Waals surface area contributed by atoms with Crippen LogP contribution in [0.4, 0.5) is 5.82 Å². The van der Waals surface area contributed by atoms with E-state index in [4.69, 9.17) is 9.36 Å². The molecule has 8 nitrogen and oxygen atoms in total. The Morgan fingerprint density at radius 3 is 2.80 bits per heavy atom. The maximum Gasteiger partial charge on any atom is 0.253 e. The second-order valence-corrected chi connectivity index (χ2v) is 8.64. The van der Waals surface area contributed by atoms with E-state index in [1.807, 2.05) is 24.4 Å². The number of nitrogens with one attached hydrogen (secondary N) is 1. The molecule has 158 valence electrons. The van der Waals surface area contributed by atoms with Crippen molar-refractivity contribution in [1.82, 2.24) is 25.6 Å². The second kappa shape index (κ2) is 8.83.